The molecule has 1 aliphatic heterocycles. The standard InChI is InChI=1S/C12H25N3O2/c1-3-15(4-2)7-5-6-14-12(16)10-8-17-9-11(10)13/h10-11H,3-9,13H2,1-2H3,(H,14,16). The number of nitrogens with one attached hydrogen (secondary N) is 1. The lowest BCUT2D eigenvalue weighted by Gasteiger charge is -2.18. The highest BCUT2D eigenvalue weighted by atomic mass is 16.5. The number of carbonyl (C=O) groups is 1. The van der Waals surface area contributed by atoms with E-state index in [0.29, 0.717) is 13.2 Å². The summed E-state index contributed by atoms with van der Waals surface area (Å²) in [6.45, 7) is 9.13. The molecule has 1 saturated heterocycles. The van der Waals surface area contributed by atoms with E-state index in [-0.39, 0.29) is 17.9 Å². The van der Waals surface area contributed by atoms with Crippen LogP contribution in [-0.4, -0.2) is 56.2 Å². The number of ether oxygens (including phenoxy) is 1. The van der Waals surface area contributed by atoms with Crippen molar-refractivity contribution in [3.05, 3.63) is 0 Å². The minimum Gasteiger partial charge on any atom is -0.379 e. The average molecular weight is 243 g/mol. The molecule has 100 valence electrons. The SMILES string of the molecule is CCN(CC)CCCNC(=O)C1COCC1N. The summed E-state index contributed by atoms with van der Waals surface area (Å²) >= 11 is 0. The van der Waals surface area contributed by atoms with Crippen LogP contribution in [0, 0.1) is 5.92 Å². The Morgan fingerprint density at radius 3 is 2.65 bits per heavy atom. The molecule has 0 aromatic carbocycles. The number of hydrogen-bond acceptors (Lipinski definition) is 4. The van der Waals surface area contributed by atoms with Gasteiger partial charge in [-0.3, -0.25) is 4.79 Å². The molecule has 5 nitrogen and oxygen atoms in total. The predicted molar refractivity (Wildman–Crippen MR) is 67.7 cm³/mol. The quantitative estimate of drug-likeness (QED) is 0.608. The smallest absolute Gasteiger partial charge is 0.227 e. The monoisotopic (exact) mass is 243 g/mol. The van der Waals surface area contributed by atoms with Gasteiger partial charge in [0.2, 0.25) is 5.91 Å². The highest BCUT2D eigenvalue weighted by Gasteiger charge is 2.30. The van der Waals surface area contributed by atoms with Crippen molar-refractivity contribution < 1.29 is 9.53 Å². The largest absolute Gasteiger partial charge is 0.379 e. The van der Waals surface area contributed by atoms with Crippen molar-refractivity contribution in [2.24, 2.45) is 11.7 Å². The molecule has 0 aromatic heterocycles. The van der Waals surface area contributed by atoms with Crippen molar-refractivity contribution in [3.63, 3.8) is 0 Å². The second kappa shape index (κ2) is 7.63. The highest BCUT2D eigenvalue weighted by molar-refractivity contribution is 5.79. The van der Waals surface area contributed by atoms with E-state index in [1.165, 1.54) is 0 Å². The maximum Gasteiger partial charge on any atom is 0.227 e. The van der Waals surface area contributed by atoms with Crippen molar-refractivity contribution in [2.75, 3.05) is 39.4 Å². The third-order valence-electron chi connectivity index (χ3n) is 3.31. The van der Waals surface area contributed by atoms with E-state index in [1.54, 1.807) is 0 Å². The van der Waals surface area contributed by atoms with Gasteiger partial charge >= 0.3 is 0 Å². The van der Waals surface area contributed by atoms with Crippen molar-refractivity contribution >= 4 is 5.91 Å². The van der Waals surface area contributed by atoms with E-state index in [2.05, 4.69) is 24.1 Å². The minimum atomic E-state index is -0.163. The fourth-order valence-electron chi connectivity index (χ4n) is 2.03. The lowest BCUT2D eigenvalue weighted by atomic mass is 10.0. The second-order valence-corrected chi connectivity index (χ2v) is 4.48. The summed E-state index contributed by atoms with van der Waals surface area (Å²) in [7, 11) is 0. The molecule has 1 fully saturated rings. The Hall–Kier alpha value is -0.650. The zero-order valence-electron chi connectivity index (χ0n) is 10.9. The van der Waals surface area contributed by atoms with Crippen molar-refractivity contribution in [2.45, 2.75) is 26.3 Å². The Morgan fingerprint density at radius 1 is 1.41 bits per heavy atom. The minimum absolute atomic E-state index is 0.0366. The van der Waals surface area contributed by atoms with E-state index in [1.807, 2.05) is 0 Å². The van der Waals surface area contributed by atoms with Gasteiger partial charge in [-0.2, -0.15) is 0 Å². The Balaban J connectivity index is 2.12. The van der Waals surface area contributed by atoms with Crippen LogP contribution in [0.4, 0.5) is 0 Å². The average Bonchev–Trinajstić information content (AvgIpc) is 2.75. The molecule has 0 bridgehead atoms. The van der Waals surface area contributed by atoms with Crippen LogP contribution in [-0.2, 0) is 9.53 Å². The van der Waals surface area contributed by atoms with Gasteiger partial charge in [0.1, 0.15) is 0 Å². The normalized spacial score (nSPS) is 24.2. The molecule has 1 amide bonds. The molecule has 5 heteroatoms. The van der Waals surface area contributed by atoms with Crippen LogP contribution in [0.15, 0.2) is 0 Å². The third-order valence-corrected chi connectivity index (χ3v) is 3.31. The van der Waals surface area contributed by atoms with Crippen molar-refractivity contribution in [1.82, 2.24) is 10.2 Å². The molecule has 2 unspecified atom stereocenters. The number of carbonyl (C=O) groups excluding carboxylic acids is 1. The number of hydrogen-bond donors (Lipinski definition) is 2. The van der Waals surface area contributed by atoms with Gasteiger partial charge in [0, 0.05) is 12.6 Å². The summed E-state index contributed by atoms with van der Waals surface area (Å²) in [5.74, 6) is -0.127. The predicted octanol–water partition coefficient (Wildman–Crippen LogP) is -0.192. The molecule has 0 radical (unpaired) electrons. The Bertz CT molecular complexity index is 232. The van der Waals surface area contributed by atoms with Crippen LogP contribution in [0.2, 0.25) is 0 Å². The van der Waals surface area contributed by atoms with Gasteiger partial charge in [0.15, 0.2) is 0 Å². The Kier molecular flexibility index (Phi) is 6.47. The lowest BCUT2D eigenvalue weighted by molar-refractivity contribution is -0.125. The maximum absolute atomic E-state index is 11.8. The van der Waals surface area contributed by atoms with Gasteiger partial charge in [-0.25, -0.2) is 0 Å². The van der Waals surface area contributed by atoms with Gasteiger partial charge in [-0.15, -0.1) is 0 Å². The molecule has 1 heterocycles. The zero-order valence-corrected chi connectivity index (χ0v) is 10.9. The maximum atomic E-state index is 11.8. The van der Waals surface area contributed by atoms with E-state index < -0.39 is 0 Å². The first-order valence-electron chi connectivity index (χ1n) is 6.52. The first kappa shape index (κ1) is 14.4. The van der Waals surface area contributed by atoms with Gasteiger partial charge in [-0.05, 0) is 26.1 Å². The van der Waals surface area contributed by atoms with Crippen LogP contribution in [0.1, 0.15) is 20.3 Å². The molecule has 0 saturated carbocycles. The first-order valence-corrected chi connectivity index (χ1v) is 6.52. The van der Waals surface area contributed by atoms with Crippen LogP contribution in [0.5, 0.6) is 0 Å². The van der Waals surface area contributed by atoms with Gasteiger partial charge < -0.3 is 20.7 Å². The van der Waals surface area contributed by atoms with E-state index >= 15 is 0 Å². The van der Waals surface area contributed by atoms with Crippen molar-refractivity contribution in [1.29, 1.82) is 0 Å². The Morgan fingerprint density at radius 2 is 2.12 bits per heavy atom. The molecule has 0 aromatic rings. The van der Waals surface area contributed by atoms with Crippen LogP contribution < -0.4 is 11.1 Å². The number of nitrogens with two attached hydrogens (primary N) is 1. The fourth-order valence-corrected chi connectivity index (χ4v) is 2.03. The summed E-state index contributed by atoms with van der Waals surface area (Å²) in [5.41, 5.74) is 5.78. The van der Waals surface area contributed by atoms with Crippen LogP contribution in [0.3, 0.4) is 0 Å². The molecule has 17 heavy (non-hydrogen) atoms. The summed E-state index contributed by atoms with van der Waals surface area (Å²) in [4.78, 5) is 14.1. The molecule has 0 aliphatic carbocycles. The van der Waals surface area contributed by atoms with E-state index in [0.717, 1.165) is 32.6 Å². The first-order chi connectivity index (χ1) is 8.19. The number of amides is 1. The van der Waals surface area contributed by atoms with Crippen molar-refractivity contribution in [3.8, 4) is 0 Å². The lowest BCUT2D eigenvalue weighted by Crippen LogP contribution is -2.41. The Labute approximate surface area is 104 Å². The fraction of sp³-hybridized carbons (Fsp3) is 0.917. The summed E-state index contributed by atoms with van der Waals surface area (Å²) in [5, 5.41) is 2.93. The summed E-state index contributed by atoms with van der Waals surface area (Å²) in [6.07, 6.45) is 0.982. The summed E-state index contributed by atoms with van der Waals surface area (Å²) in [6, 6.07) is -0.141. The molecule has 1 rings (SSSR count). The number of rotatable bonds is 7. The number of nitrogens with zero attached hydrogens (tertiary/aromatic N) is 1. The van der Waals surface area contributed by atoms with Gasteiger partial charge in [0.05, 0.1) is 19.1 Å². The topological polar surface area (TPSA) is 67.6 Å². The third kappa shape index (κ3) is 4.61. The molecule has 0 spiro atoms. The molecule has 2 atom stereocenters. The summed E-state index contributed by atoms with van der Waals surface area (Å²) < 4.78 is 5.18. The van der Waals surface area contributed by atoms with E-state index in [4.69, 9.17) is 10.5 Å². The van der Waals surface area contributed by atoms with Gasteiger partial charge in [0.25, 0.3) is 0 Å². The van der Waals surface area contributed by atoms with Crippen LogP contribution in [0.25, 0.3) is 0 Å². The molecular formula is C12H25N3O2. The second-order valence-electron chi connectivity index (χ2n) is 4.48. The molecule has 3 N–H and O–H groups in total. The van der Waals surface area contributed by atoms with Gasteiger partial charge in [-0.1, -0.05) is 13.8 Å². The zero-order chi connectivity index (χ0) is 12.7. The molecular weight excluding hydrogens is 218 g/mol. The van der Waals surface area contributed by atoms with Crippen LogP contribution >= 0.6 is 0 Å². The highest BCUT2D eigenvalue weighted by Crippen LogP contribution is 2.11. The molecule has 1 aliphatic rings. The van der Waals surface area contributed by atoms with E-state index in [9.17, 15) is 4.79 Å².